The third-order valence-corrected chi connectivity index (χ3v) is 2.56. The number of rotatable bonds is 2. The first kappa shape index (κ1) is 12.6. The molecule has 0 bridgehead atoms. The van der Waals surface area contributed by atoms with Crippen molar-refractivity contribution >= 4 is 34.1 Å². The summed E-state index contributed by atoms with van der Waals surface area (Å²) >= 11 is 3.36. The summed E-state index contributed by atoms with van der Waals surface area (Å²) in [6.45, 7) is 2.01. The Balaban J connectivity index is 0.00000144. The van der Waals surface area contributed by atoms with Gasteiger partial charge in [0.15, 0.2) is 5.78 Å². The first-order valence-corrected chi connectivity index (χ1v) is 4.44. The molecule has 1 aromatic rings. The summed E-state index contributed by atoms with van der Waals surface area (Å²) < 4.78 is 1.01. The van der Waals surface area contributed by atoms with Crippen molar-refractivity contribution in [3.05, 3.63) is 33.8 Å². The van der Waals surface area contributed by atoms with Crippen LogP contribution in [0.15, 0.2) is 22.7 Å². The first-order chi connectivity index (χ1) is 5.65. The van der Waals surface area contributed by atoms with E-state index in [0.29, 0.717) is 5.56 Å². The largest absolute Gasteiger partial charge is 0.324 e. The maximum atomic E-state index is 11.1. The van der Waals surface area contributed by atoms with Crippen molar-refractivity contribution in [2.24, 2.45) is 5.73 Å². The third-order valence-electron chi connectivity index (χ3n) is 1.67. The Morgan fingerprint density at radius 3 is 2.62 bits per heavy atom. The maximum absolute atomic E-state index is 11.1. The van der Waals surface area contributed by atoms with Crippen molar-refractivity contribution in [2.45, 2.75) is 6.92 Å². The summed E-state index contributed by atoms with van der Waals surface area (Å²) in [7, 11) is 0. The molecule has 0 aliphatic rings. The van der Waals surface area contributed by atoms with Crippen molar-refractivity contribution in [2.75, 3.05) is 6.54 Å². The second-order valence-corrected chi connectivity index (χ2v) is 3.45. The fourth-order valence-corrected chi connectivity index (χ4v) is 1.18. The molecule has 2 nitrogen and oxygen atoms in total. The van der Waals surface area contributed by atoms with E-state index in [1.165, 1.54) is 0 Å². The van der Waals surface area contributed by atoms with Crippen LogP contribution in [0.5, 0.6) is 0 Å². The number of nitrogens with two attached hydrogens (primary N) is 1. The van der Waals surface area contributed by atoms with Gasteiger partial charge < -0.3 is 5.73 Å². The van der Waals surface area contributed by atoms with Crippen LogP contribution in [0.2, 0.25) is 0 Å². The Morgan fingerprint density at radius 1 is 1.54 bits per heavy atom. The maximum Gasteiger partial charge on any atom is 0.176 e. The van der Waals surface area contributed by atoms with Crippen LogP contribution < -0.4 is 5.73 Å². The molecule has 2 N–H and O–H groups in total. The minimum absolute atomic E-state index is 0. The van der Waals surface area contributed by atoms with Crippen molar-refractivity contribution in [3.8, 4) is 0 Å². The minimum atomic E-state index is -0.0226. The van der Waals surface area contributed by atoms with Gasteiger partial charge in [-0.15, -0.1) is 12.4 Å². The zero-order valence-corrected chi connectivity index (χ0v) is 9.61. The molecule has 0 aliphatic heterocycles. The van der Waals surface area contributed by atoms with Crippen LogP contribution in [-0.4, -0.2) is 12.3 Å². The van der Waals surface area contributed by atoms with Crippen LogP contribution in [0.1, 0.15) is 15.9 Å². The standard InChI is InChI=1S/C9H10BrNO.ClH/c1-6-4-7(9(12)5-11)2-3-8(6)10;/h2-4H,5,11H2,1H3;1H. The van der Waals surface area contributed by atoms with Crippen molar-refractivity contribution in [1.82, 2.24) is 0 Å². The van der Waals surface area contributed by atoms with E-state index in [1.54, 1.807) is 6.07 Å². The van der Waals surface area contributed by atoms with Crippen LogP contribution in [-0.2, 0) is 0 Å². The zero-order chi connectivity index (χ0) is 9.14. The normalized spacial score (nSPS) is 9.15. The van der Waals surface area contributed by atoms with Gasteiger partial charge in [-0.25, -0.2) is 0 Å². The molecule has 0 radical (unpaired) electrons. The highest BCUT2D eigenvalue weighted by atomic mass is 79.9. The quantitative estimate of drug-likeness (QED) is 0.833. The van der Waals surface area contributed by atoms with E-state index >= 15 is 0 Å². The van der Waals surface area contributed by atoms with E-state index in [9.17, 15) is 4.79 Å². The molecular weight excluding hydrogens is 253 g/mol. The Hall–Kier alpha value is -0.380. The number of Topliss-reactive ketones (excluding diaryl/α,β-unsaturated/α-hetero) is 1. The molecule has 0 atom stereocenters. The molecule has 0 unspecified atom stereocenters. The minimum Gasteiger partial charge on any atom is -0.324 e. The average Bonchev–Trinajstić information content (AvgIpc) is 2.08. The van der Waals surface area contributed by atoms with E-state index in [-0.39, 0.29) is 24.7 Å². The average molecular weight is 265 g/mol. The Labute approximate surface area is 92.0 Å². The molecule has 1 rings (SSSR count). The lowest BCUT2D eigenvalue weighted by molar-refractivity contribution is 0.100. The Kier molecular flexibility index (Phi) is 5.21. The van der Waals surface area contributed by atoms with E-state index < -0.39 is 0 Å². The predicted molar refractivity (Wildman–Crippen MR) is 59.5 cm³/mol. The van der Waals surface area contributed by atoms with Gasteiger partial charge in [-0.3, -0.25) is 4.79 Å². The molecule has 0 saturated carbocycles. The van der Waals surface area contributed by atoms with Gasteiger partial charge in [0.25, 0.3) is 0 Å². The zero-order valence-electron chi connectivity index (χ0n) is 7.21. The molecule has 72 valence electrons. The topological polar surface area (TPSA) is 43.1 Å². The SMILES string of the molecule is Cc1cc(C(=O)CN)ccc1Br.Cl. The second kappa shape index (κ2) is 5.37. The molecule has 0 saturated heterocycles. The Bertz CT molecular complexity index is 314. The van der Waals surface area contributed by atoms with Crippen LogP contribution in [0.25, 0.3) is 0 Å². The van der Waals surface area contributed by atoms with Gasteiger partial charge in [-0.05, 0) is 24.6 Å². The number of hydrogen-bond acceptors (Lipinski definition) is 2. The number of benzene rings is 1. The van der Waals surface area contributed by atoms with Gasteiger partial charge in [0.05, 0.1) is 6.54 Å². The van der Waals surface area contributed by atoms with Gasteiger partial charge in [-0.1, -0.05) is 22.0 Å². The highest BCUT2D eigenvalue weighted by Gasteiger charge is 2.03. The van der Waals surface area contributed by atoms with Crippen LogP contribution >= 0.6 is 28.3 Å². The van der Waals surface area contributed by atoms with Crippen molar-refractivity contribution in [1.29, 1.82) is 0 Å². The van der Waals surface area contributed by atoms with Gasteiger partial charge in [0.1, 0.15) is 0 Å². The summed E-state index contributed by atoms with van der Waals surface area (Å²) in [5, 5.41) is 0. The van der Waals surface area contributed by atoms with Gasteiger partial charge in [0, 0.05) is 10.0 Å². The molecule has 1 aromatic carbocycles. The van der Waals surface area contributed by atoms with E-state index in [4.69, 9.17) is 5.73 Å². The molecule has 0 fully saturated rings. The van der Waals surface area contributed by atoms with Crippen molar-refractivity contribution < 1.29 is 4.79 Å². The lowest BCUT2D eigenvalue weighted by Crippen LogP contribution is -2.13. The van der Waals surface area contributed by atoms with E-state index in [0.717, 1.165) is 10.0 Å². The smallest absolute Gasteiger partial charge is 0.176 e. The molecular formula is C9H11BrClNO. The summed E-state index contributed by atoms with van der Waals surface area (Å²) in [5.41, 5.74) is 6.96. The number of halogens is 2. The fraction of sp³-hybridized carbons (Fsp3) is 0.222. The summed E-state index contributed by atoms with van der Waals surface area (Å²) in [6.07, 6.45) is 0. The Morgan fingerprint density at radius 2 is 2.15 bits per heavy atom. The van der Waals surface area contributed by atoms with Gasteiger partial charge in [-0.2, -0.15) is 0 Å². The first-order valence-electron chi connectivity index (χ1n) is 3.64. The summed E-state index contributed by atoms with van der Waals surface area (Å²) in [6, 6.07) is 5.46. The highest BCUT2D eigenvalue weighted by molar-refractivity contribution is 9.10. The van der Waals surface area contributed by atoms with Crippen LogP contribution in [0.3, 0.4) is 0 Å². The highest BCUT2D eigenvalue weighted by Crippen LogP contribution is 2.16. The third kappa shape index (κ3) is 3.10. The number of carbonyl (C=O) groups excluding carboxylic acids is 1. The second-order valence-electron chi connectivity index (χ2n) is 2.59. The van der Waals surface area contributed by atoms with Gasteiger partial charge >= 0.3 is 0 Å². The number of hydrogen-bond donors (Lipinski definition) is 1. The summed E-state index contributed by atoms with van der Waals surface area (Å²) in [5.74, 6) is -0.0226. The van der Waals surface area contributed by atoms with Crippen LogP contribution in [0, 0.1) is 6.92 Å². The van der Waals surface area contributed by atoms with Gasteiger partial charge in [0.2, 0.25) is 0 Å². The van der Waals surface area contributed by atoms with Crippen molar-refractivity contribution in [3.63, 3.8) is 0 Å². The molecule has 0 aromatic heterocycles. The molecule has 4 heteroatoms. The molecule has 0 aliphatic carbocycles. The number of aryl methyl sites for hydroxylation is 1. The number of carbonyl (C=O) groups is 1. The lowest BCUT2D eigenvalue weighted by Gasteiger charge is -2.01. The molecule has 0 heterocycles. The molecule has 13 heavy (non-hydrogen) atoms. The number of ketones is 1. The van der Waals surface area contributed by atoms with E-state index in [2.05, 4.69) is 15.9 Å². The molecule has 0 amide bonds. The summed E-state index contributed by atoms with van der Waals surface area (Å²) in [4.78, 5) is 11.1. The molecule has 0 spiro atoms. The lowest BCUT2D eigenvalue weighted by atomic mass is 10.1. The van der Waals surface area contributed by atoms with Crippen LogP contribution in [0.4, 0.5) is 0 Å². The fourth-order valence-electron chi connectivity index (χ4n) is 0.936. The monoisotopic (exact) mass is 263 g/mol. The van der Waals surface area contributed by atoms with E-state index in [1.807, 2.05) is 19.1 Å². The predicted octanol–water partition coefficient (Wildman–Crippen LogP) is 2.32.